The minimum Gasteiger partial charge on any atom is -0.461 e. The normalized spacial score (nSPS) is 18.7. The number of piperazine rings is 1. The molecule has 2 aliphatic rings. The number of anilines is 4. The summed E-state index contributed by atoms with van der Waals surface area (Å²) in [5, 5.41) is 14.2. The monoisotopic (exact) mass is 554 g/mol. The van der Waals surface area contributed by atoms with Crippen LogP contribution in [0.4, 0.5) is 27.7 Å². The van der Waals surface area contributed by atoms with Crippen LogP contribution in [-0.4, -0.2) is 86.7 Å². The first kappa shape index (κ1) is 25.6. The van der Waals surface area contributed by atoms with Gasteiger partial charge >= 0.3 is 0 Å². The quantitative estimate of drug-likeness (QED) is 0.257. The smallest absolute Gasteiger partial charge is 0.259 e. The van der Waals surface area contributed by atoms with E-state index in [2.05, 4.69) is 34.8 Å². The Hall–Kier alpha value is -3.62. The van der Waals surface area contributed by atoms with E-state index in [1.165, 1.54) is 10.6 Å². The van der Waals surface area contributed by atoms with Crippen LogP contribution in [0.2, 0.25) is 0 Å². The molecular formula is C25H31FN10O2S. The van der Waals surface area contributed by atoms with E-state index in [1.807, 2.05) is 0 Å². The van der Waals surface area contributed by atoms with Gasteiger partial charge in [-0.3, -0.25) is 10.1 Å². The summed E-state index contributed by atoms with van der Waals surface area (Å²) in [6, 6.07) is 8.42. The second-order valence-electron chi connectivity index (χ2n) is 9.84. The molecule has 2 fully saturated rings. The average molecular weight is 555 g/mol. The number of halogens is 1. The van der Waals surface area contributed by atoms with Gasteiger partial charge in [0.25, 0.3) is 5.78 Å². The van der Waals surface area contributed by atoms with Crippen molar-refractivity contribution in [3.63, 3.8) is 0 Å². The Morgan fingerprint density at radius 1 is 1.13 bits per heavy atom. The second-order valence-corrected chi connectivity index (χ2v) is 10.6. The lowest BCUT2D eigenvalue weighted by atomic mass is 9.97. The standard InChI is InChI=1S/C25H31FN10O2S/c1-39-36(37)18-6-7-20(19(26)14-18)33-11-9-32(10-12-33)15-17-4-2-8-34(16-17)24-29-23(27)35-25(30-24)28-22(31-35)21-5-3-13-38-21/h3,5-7,13-14,17,37H,2,4,8-12,15-16H2,1H3,(H2,27,28,29,30,31). The number of aromatic nitrogens is 5. The van der Waals surface area contributed by atoms with Gasteiger partial charge in [0.1, 0.15) is 5.82 Å². The first-order valence-corrected chi connectivity index (χ1v) is 14.2. The molecule has 0 amide bonds. The van der Waals surface area contributed by atoms with Crippen LogP contribution in [0.15, 0.2) is 41.0 Å². The Kier molecular flexibility index (Phi) is 7.14. The minimum atomic E-state index is -0.322. The Morgan fingerprint density at radius 2 is 1.97 bits per heavy atom. The van der Waals surface area contributed by atoms with Gasteiger partial charge in [-0.2, -0.15) is 23.9 Å². The van der Waals surface area contributed by atoms with Crippen LogP contribution < -0.4 is 20.0 Å². The molecule has 0 spiro atoms. The summed E-state index contributed by atoms with van der Waals surface area (Å²) in [7, 11) is 0. The van der Waals surface area contributed by atoms with Gasteiger partial charge in [-0.1, -0.05) is 0 Å². The highest BCUT2D eigenvalue weighted by molar-refractivity contribution is 7.99. The fourth-order valence-corrected chi connectivity index (χ4v) is 5.68. The highest BCUT2D eigenvalue weighted by Crippen LogP contribution is 2.28. The number of rotatable bonds is 7. The van der Waals surface area contributed by atoms with Gasteiger partial charge in [0.15, 0.2) is 5.76 Å². The van der Waals surface area contributed by atoms with E-state index in [9.17, 15) is 9.60 Å². The number of nitrogens with two attached hydrogens (primary N) is 1. The van der Waals surface area contributed by atoms with Crippen molar-refractivity contribution in [2.75, 3.05) is 72.1 Å². The van der Waals surface area contributed by atoms with E-state index < -0.39 is 0 Å². The lowest BCUT2D eigenvalue weighted by molar-refractivity contribution is 0.205. The molecule has 3 N–H and O–H groups in total. The lowest BCUT2D eigenvalue weighted by Crippen LogP contribution is -2.50. The highest BCUT2D eigenvalue weighted by Gasteiger charge is 2.27. The summed E-state index contributed by atoms with van der Waals surface area (Å²) >= 11 is 1.12. The van der Waals surface area contributed by atoms with Gasteiger partial charge in [-0.15, -0.1) is 5.10 Å². The van der Waals surface area contributed by atoms with E-state index in [-0.39, 0.29) is 11.8 Å². The van der Waals surface area contributed by atoms with Crippen molar-refractivity contribution in [3.05, 3.63) is 42.4 Å². The van der Waals surface area contributed by atoms with Crippen molar-refractivity contribution in [1.82, 2.24) is 29.5 Å². The van der Waals surface area contributed by atoms with Gasteiger partial charge in [0.2, 0.25) is 17.7 Å². The van der Waals surface area contributed by atoms with Crippen molar-refractivity contribution in [2.24, 2.45) is 5.92 Å². The van der Waals surface area contributed by atoms with E-state index in [0.29, 0.717) is 40.6 Å². The van der Waals surface area contributed by atoms with Gasteiger partial charge < -0.3 is 20.0 Å². The molecule has 12 nitrogen and oxygen atoms in total. The molecule has 5 heterocycles. The average Bonchev–Trinajstić information content (AvgIpc) is 3.64. The number of piperidine rings is 1. The maximum Gasteiger partial charge on any atom is 0.259 e. The fraction of sp³-hybridized carbons (Fsp3) is 0.440. The molecule has 14 heteroatoms. The molecule has 0 radical (unpaired) electrons. The van der Waals surface area contributed by atoms with Gasteiger partial charge in [0.05, 0.1) is 17.6 Å². The molecule has 0 saturated carbocycles. The molecule has 1 unspecified atom stereocenters. The van der Waals surface area contributed by atoms with Gasteiger partial charge in [0, 0.05) is 58.1 Å². The van der Waals surface area contributed by atoms with Crippen LogP contribution in [0, 0.1) is 11.7 Å². The van der Waals surface area contributed by atoms with Gasteiger partial charge in [-0.05, 0) is 55.0 Å². The molecule has 3 aromatic heterocycles. The van der Waals surface area contributed by atoms with Crippen molar-refractivity contribution in [2.45, 2.75) is 12.8 Å². The Balaban J connectivity index is 1.07. The number of hydrogen-bond donors (Lipinski definition) is 2. The Labute approximate surface area is 229 Å². The zero-order valence-corrected chi connectivity index (χ0v) is 22.5. The molecule has 0 bridgehead atoms. The van der Waals surface area contributed by atoms with E-state index in [4.69, 9.17) is 10.2 Å². The third-order valence-electron chi connectivity index (χ3n) is 7.32. The summed E-state index contributed by atoms with van der Waals surface area (Å²) in [4.78, 5) is 20.4. The molecule has 206 valence electrons. The van der Waals surface area contributed by atoms with Crippen LogP contribution in [-0.2, 0) is 0 Å². The number of hydrogen-bond acceptors (Lipinski definition) is 12. The molecule has 1 aromatic carbocycles. The Morgan fingerprint density at radius 3 is 2.72 bits per heavy atom. The van der Waals surface area contributed by atoms with E-state index in [1.54, 1.807) is 36.8 Å². The van der Waals surface area contributed by atoms with E-state index in [0.717, 1.165) is 75.1 Å². The van der Waals surface area contributed by atoms with Gasteiger partial charge in [-0.25, -0.2) is 4.39 Å². The molecule has 6 rings (SSSR count). The van der Waals surface area contributed by atoms with Crippen LogP contribution in [0.1, 0.15) is 12.8 Å². The van der Waals surface area contributed by atoms with Crippen molar-refractivity contribution < 1.29 is 14.0 Å². The number of nitrogen functional groups attached to an aromatic ring is 1. The topological polar surface area (TPSA) is 128 Å². The molecular weight excluding hydrogens is 523 g/mol. The molecule has 4 aromatic rings. The molecule has 2 aliphatic heterocycles. The first-order chi connectivity index (χ1) is 19.0. The van der Waals surface area contributed by atoms with Crippen LogP contribution in [0.5, 0.6) is 0 Å². The fourth-order valence-electron chi connectivity index (χ4n) is 5.35. The summed E-state index contributed by atoms with van der Waals surface area (Å²) in [5.74, 6) is 2.29. The largest absolute Gasteiger partial charge is 0.461 e. The Bertz CT molecular complexity index is 1430. The van der Waals surface area contributed by atoms with Crippen LogP contribution in [0.3, 0.4) is 0 Å². The summed E-state index contributed by atoms with van der Waals surface area (Å²) in [6.07, 6.45) is 5.47. The number of furan rings is 1. The van der Waals surface area contributed by atoms with Crippen LogP contribution in [0.25, 0.3) is 17.4 Å². The second kappa shape index (κ2) is 10.9. The third kappa shape index (κ3) is 5.31. The predicted octanol–water partition coefficient (Wildman–Crippen LogP) is 3.01. The molecule has 39 heavy (non-hydrogen) atoms. The number of nitrogens with zero attached hydrogens (tertiary/aromatic N) is 9. The van der Waals surface area contributed by atoms with Crippen molar-refractivity contribution in [1.29, 1.82) is 0 Å². The van der Waals surface area contributed by atoms with Crippen molar-refractivity contribution >= 4 is 41.0 Å². The molecule has 1 atom stereocenters. The van der Waals surface area contributed by atoms with Crippen molar-refractivity contribution in [3.8, 4) is 11.6 Å². The third-order valence-corrected chi connectivity index (χ3v) is 7.88. The zero-order valence-electron chi connectivity index (χ0n) is 21.6. The number of benzene rings is 1. The van der Waals surface area contributed by atoms with E-state index >= 15 is 0 Å². The lowest BCUT2D eigenvalue weighted by Gasteiger charge is -2.40. The first-order valence-electron chi connectivity index (χ1n) is 13.0. The maximum atomic E-state index is 14.8. The predicted molar refractivity (Wildman–Crippen MR) is 148 cm³/mol. The van der Waals surface area contributed by atoms with Crippen LogP contribution >= 0.6 is 11.9 Å². The number of fused-ring (bicyclic) bond motifs is 1. The molecule has 2 saturated heterocycles. The summed E-state index contributed by atoms with van der Waals surface area (Å²) < 4.78 is 22.6. The maximum absolute atomic E-state index is 14.8. The zero-order chi connectivity index (χ0) is 26.9. The summed E-state index contributed by atoms with van der Waals surface area (Å²) in [5.41, 5.74) is 7.21. The molecule has 0 aliphatic carbocycles. The summed E-state index contributed by atoms with van der Waals surface area (Å²) in [6.45, 7) is 5.87. The SMILES string of the molecule is CSN(O)c1ccc(N2CCN(CC3CCCN(c4nc(N)n5nc(-c6ccco6)nc5n4)C3)CC2)c(F)c1. The minimum absolute atomic E-state index is 0.235. The highest BCUT2D eigenvalue weighted by atomic mass is 32.2.